The molecule has 0 spiro atoms. The van der Waals surface area contributed by atoms with Gasteiger partial charge in [-0.05, 0) is 31.4 Å². The maximum Gasteiger partial charge on any atom is 0.255 e. The SMILES string of the molecule is CC(=O)N1CCCN(C(=O)[C@@H]2CC(=O)N3CCC[C@H]3C(=O)NCCOc3ccccc3C(=O)N2)CC1. The van der Waals surface area contributed by atoms with Crippen LogP contribution in [0.2, 0.25) is 0 Å². The standard InChI is InChI=1S/C25H33N5O6/c1-17(31)28-10-5-11-29(14-13-28)25(35)19-16-22(32)30-12-4-7-20(30)24(34)26-9-15-36-21-8-3-2-6-18(21)23(33)27-19/h2-3,6,8,19-20H,4-5,7,9-16H2,1H3,(H,26,34)(H,27,33)/t19-,20-/m0/s1. The van der Waals surface area contributed by atoms with Crippen molar-refractivity contribution in [1.82, 2.24) is 25.3 Å². The van der Waals surface area contributed by atoms with Crippen molar-refractivity contribution in [1.29, 1.82) is 0 Å². The molecule has 1 aromatic rings. The van der Waals surface area contributed by atoms with E-state index in [4.69, 9.17) is 4.74 Å². The summed E-state index contributed by atoms with van der Waals surface area (Å²) in [6, 6.07) is 4.93. The van der Waals surface area contributed by atoms with Crippen LogP contribution >= 0.6 is 0 Å². The highest BCUT2D eigenvalue weighted by atomic mass is 16.5. The molecule has 2 saturated heterocycles. The lowest BCUT2D eigenvalue weighted by Crippen LogP contribution is -2.53. The predicted molar refractivity (Wildman–Crippen MR) is 129 cm³/mol. The number of fused-ring (bicyclic) bond motifs is 2. The first-order valence-corrected chi connectivity index (χ1v) is 12.5. The number of nitrogens with zero attached hydrogens (tertiary/aromatic N) is 3. The molecule has 0 aliphatic carbocycles. The summed E-state index contributed by atoms with van der Waals surface area (Å²) < 4.78 is 5.76. The van der Waals surface area contributed by atoms with Gasteiger partial charge in [0.2, 0.25) is 23.6 Å². The van der Waals surface area contributed by atoms with Crippen LogP contribution < -0.4 is 15.4 Å². The molecule has 2 N–H and O–H groups in total. The van der Waals surface area contributed by atoms with Gasteiger partial charge in [-0.2, -0.15) is 0 Å². The molecule has 4 rings (SSSR count). The Balaban J connectivity index is 1.60. The Morgan fingerprint density at radius 2 is 1.72 bits per heavy atom. The van der Waals surface area contributed by atoms with Crippen LogP contribution in [0.15, 0.2) is 24.3 Å². The third-order valence-electron chi connectivity index (χ3n) is 6.90. The van der Waals surface area contributed by atoms with Gasteiger partial charge in [-0.1, -0.05) is 12.1 Å². The zero-order valence-electron chi connectivity index (χ0n) is 20.5. The van der Waals surface area contributed by atoms with Crippen LogP contribution in [0.4, 0.5) is 0 Å². The average Bonchev–Trinajstić information content (AvgIpc) is 3.23. The second-order valence-corrected chi connectivity index (χ2v) is 9.30. The van der Waals surface area contributed by atoms with E-state index in [2.05, 4.69) is 10.6 Å². The minimum Gasteiger partial charge on any atom is -0.491 e. The molecular formula is C25H33N5O6. The highest BCUT2D eigenvalue weighted by Gasteiger charge is 2.37. The van der Waals surface area contributed by atoms with Crippen LogP contribution in [0, 0.1) is 0 Å². The fourth-order valence-corrected chi connectivity index (χ4v) is 4.97. The summed E-state index contributed by atoms with van der Waals surface area (Å²) in [7, 11) is 0. The van der Waals surface area contributed by atoms with Gasteiger partial charge in [-0.25, -0.2) is 0 Å². The zero-order chi connectivity index (χ0) is 25.7. The summed E-state index contributed by atoms with van der Waals surface area (Å²) in [5.41, 5.74) is 0.240. The molecule has 2 fully saturated rings. The predicted octanol–water partition coefficient (Wildman–Crippen LogP) is -0.244. The van der Waals surface area contributed by atoms with Crippen molar-refractivity contribution in [3.63, 3.8) is 0 Å². The van der Waals surface area contributed by atoms with Gasteiger partial charge < -0.3 is 30.1 Å². The Hall–Kier alpha value is -3.63. The van der Waals surface area contributed by atoms with E-state index in [0.717, 1.165) is 0 Å². The van der Waals surface area contributed by atoms with Crippen LogP contribution in [0.5, 0.6) is 5.75 Å². The van der Waals surface area contributed by atoms with Gasteiger partial charge in [0, 0.05) is 39.6 Å². The van der Waals surface area contributed by atoms with E-state index in [-0.39, 0.29) is 48.8 Å². The third-order valence-corrected chi connectivity index (χ3v) is 6.90. The van der Waals surface area contributed by atoms with Crippen molar-refractivity contribution in [3.05, 3.63) is 29.8 Å². The molecule has 0 unspecified atom stereocenters. The number of hydrogen-bond donors (Lipinski definition) is 2. The molecule has 2 atom stereocenters. The molecule has 1 aromatic carbocycles. The van der Waals surface area contributed by atoms with Crippen LogP contribution in [-0.2, 0) is 19.2 Å². The average molecular weight is 500 g/mol. The van der Waals surface area contributed by atoms with Gasteiger partial charge >= 0.3 is 0 Å². The number of carbonyl (C=O) groups is 5. The normalized spacial score (nSPS) is 23.9. The lowest BCUT2D eigenvalue weighted by molar-refractivity contribution is -0.142. The number of benzene rings is 1. The molecular weight excluding hydrogens is 466 g/mol. The monoisotopic (exact) mass is 499 g/mol. The molecule has 36 heavy (non-hydrogen) atoms. The maximum absolute atomic E-state index is 13.6. The van der Waals surface area contributed by atoms with Crippen LogP contribution in [0.3, 0.4) is 0 Å². The summed E-state index contributed by atoms with van der Waals surface area (Å²) in [6.07, 6.45) is 1.57. The van der Waals surface area contributed by atoms with Gasteiger partial charge in [-0.3, -0.25) is 24.0 Å². The number of ether oxygens (including phenoxy) is 1. The van der Waals surface area contributed by atoms with Gasteiger partial charge in [0.1, 0.15) is 24.4 Å². The van der Waals surface area contributed by atoms with Crippen LogP contribution in [-0.4, -0.2) is 102 Å². The van der Waals surface area contributed by atoms with Crippen molar-refractivity contribution in [2.75, 3.05) is 45.9 Å². The van der Waals surface area contributed by atoms with Gasteiger partial charge in [0.25, 0.3) is 5.91 Å². The Morgan fingerprint density at radius 3 is 2.53 bits per heavy atom. The molecule has 3 heterocycles. The Morgan fingerprint density at radius 1 is 0.972 bits per heavy atom. The molecule has 0 aromatic heterocycles. The Labute approximate surface area is 210 Å². The summed E-state index contributed by atoms with van der Waals surface area (Å²) in [5.74, 6) is -1.23. The highest BCUT2D eigenvalue weighted by Crippen LogP contribution is 2.22. The fraction of sp³-hybridized carbons (Fsp3) is 0.560. The number of rotatable bonds is 1. The quantitative estimate of drug-likeness (QED) is 0.549. The molecule has 11 heteroatoms. The summed E-state index contributed by atoms with van der Waals surface area (Å²) >= 11 is 0. The lowest BCUT2D eigenvalue weighted by atomic mass is 10.1. The van der Waals surface area contributed by atoms with Crippen molar-refractivity contribution >= 4 is 29.5 Å². The first kappa shape index (κ1) is 25.5. The molecule has 5 amide bonds. The number of amides is 5. The Kier molecular flexibility index (Phi) is 8.07. The minimum absolute atomic E-state index is 0.0549. The van der Waals surface area contributed by atoms with Gasteiger partial charge in [-0.15, -0.1) is 0 Å². The molecule has 0 radical (unpaired) electrons. The third kappa shape index (κ3) is 5.77. The second-order valence-electron chi connectivity index (χ2n) is 9.30. The first-order chi connectivity index (χ1) is 17.3. The summed E-state index contributed by atoms with van der Waals surface area (Å²) in [4.78, 5) is 69.5. The van der Waals surface area contributed by atoms with Crippen molar-refractivity contribution in [2.45, 2.75) is 44.7 Å². The highest BCUT2D eigenvalue weighted by molar-refractivity contribution is 6.01. The zero-order valence-corrected chi connectivity index (χ0v) is 20.5. The van der Waals surface area contributed by atoms with Crippen LogP contribution in [0.25, 0.3) is 0 Å². The van der Waals surface area contributed by atoms with E-state index >= 15 is 0 Å². The first-order valence-electron chi connectivity index (χ1n) is 12.5. The minimum atomic E-state index is -1.12. The van der Waals surface area contributed by atoms with E-state index in [1.807, 2.05) is 0 Å². The van der Waals surface area contributed by atoms with Crippen molar-refractivity contribution < 1.29 is 28.7 Å². The van der Waals surface area contributed by atoms with E-state index in [1.54, 1.807) is 34.1 Å². The fourth-order valence-electron chi connectivity index (χ4n) is 4.97. The smallest absolute Gasteiger partial charge is 0.255 e. The topological polar surface area (TPSA) is 128 Å². The summed E-state index contributed by atoms with van der Waals surface area (Å²) in [6.45, 7) is 3.97. The van der Waals surface area contributed by atoms with Crippen molar-refractivity contribution in [2.24, 2.45) is 0 Å². The molecule has 11 nitrogen and oxygen atoms in total. The van der Waals surface area contributed by atoms with E-state index in [9.17, 15) is 24.0 Å². The number of para-hydroxylation sites is 1. The van der Waals surface area contributed by atoms with Gasteiger partial charge in [0.05, 0.1) is 18.5 Å². The number of carbonyl (C=O) groups excluding carboxylic acids is 5. The number of nitrogens with one attached hydrogen (secondary N) is 2. The second kappa shape index (κ2) is 11.4. The van der Waals surface area contributed by atoms with Crippen molar-refractivity contribution in [3.8, 4) is 5.75 Å². The largest absolute Gasteiger partial charge is 0.491 e. The maximum atomic E-state index is 13.6. The molecule has 3 aliphatic heterocycles. The lowest BCUT2D eigenvalue weighted by Gasteiger charge is -2.30. The van der Waals surface area contributed by atoms with Gasteiger partial charge in [0.15, 0.2) is 0 Å². The molecule has 0 bridgehead atoms. The Bertz CT molecular complexity index is 1030. The van der Waals surface area contributed by atoms with Crippen LogP contribution in [0.1, 0.15) is 43.0 Å². The van der Waals surface area contributed by atoms with E-state index < -0.39 is 18.0 Å². The molecule has 194 valence electrons. The molecule has 0 saturated carbocycles. The molecule has 3 aliphatic rings. The van der Waals surface area contributed by atoms with E-state index in [0.29, 0.717) is 57.7 Å². The van der Waals surface area contributed by atoms with E-state index in [1.165, 1.54) is 11.8 Å². The number of hydrogen-bond acceptors (Lipinski definition) is 6. The summed E-state index contributed by atoms with van der Waals surface area (Å²) in [5, 5.41) is 5.57.